The number of fused-ring (bicyclic) bond motifs is 2. The van der Waals surface area contributed by atoms with Crippen LogP contribution in [0.15, 0.2) is 73.1 Å². The molecule has 2 aromatic heterocycles. The molecule has 6 nitrogen and oxygen atoms in total. The van der Waals surface area contributed by atoms with Gasteiger partial charge in [0.05, 0.1) is 24.0 Å². The summed E-state index contributed by atoms with van der Waals surface area (Å²) >= 11 is 0. The van der Waals surface area contributed by atoms with E-state index in [2.05, 4.69) is 0 Å². The van der Waals surface area contributed by atoms with E-state index >= 15 is 0 Å². The second kappa shape index (κ2) is 8.65. The predicted molar refractivity (Wildman–Crippen MR) is 111 cm³/mol. The third kappa shape index (κ3) is 4.16. The van der Waals surface area contributed by atoms with Gasteiger partial charge in [0.15, 0.2) is 12.4 Å². The molecule has 0 radical (unpaired) electrons. The summed E-state index contributed by atoms with van der Waals surface area (Å²) in [5.74, 6) is 1.45. The van der Waals surface area contributed by atoms with E-state index in [1.807, 2.05) is 36.4 Å². The lowest BCUT2D eigenvalue weighted by atomic mass is 10.2. The highest BCUT2D eigenvalue weighted by Crippen LogP contribution is 2.24. The second-order valence-corrected chi connectivity index (χ2v) is 6.80. The molecule has 4 aromatic rings. The molecule has 148 valence electrons. The SMILES string of the molecule is [O-][n+]1cccc2c(OCCCCCOc3cccc4c3ccc[n+]4[O-])cccc21. The molecule has 0 spiro atoms. The van der Waals surface area contributed by atoms with E-state index in [-0.39, 0.29) is 0 Å². The van der Waals surface area contributed by atoms with Crippen LogP contribution >= 0.6 is 0 Å². The number of nitrogens with zero attached hydrogens (tertiary/aromatic N) is 2. The highest BCUT2D eigenvalue weighted by Gasteiger charge is 2.09. The zero-order valence-corrected chi connectivity index (χ0v) is 16.0. The highest BCUT2D eigenvalue weighted by atomic mass is 16.5. The molecule has 0 fully saturated rings. The van der Waals surface area contributed by atoms with Crippen LogP contribution in [0.2, 0.25) is 0 Å². The number of hydrogen-bond donors (Lipinski definition) is 0. The Labute approximate surface area is 168 Å². The second-order valence-electron chi connectivity index (χ2n) is 6.80. The lowest BCUT2D eigenvalue weighted by Crippen LogP contribution is -2.25. The first-order valence-electron chi connectivity index (χ1n) is 9.71. The van der Waals surface area contributed by atoms with E-state index in [4.69, 9.17) is 9.47 Å². The zero-order valence-electron chi connectivity index (χ0n) is 16.0. The van der Waals surface area contributed by atoms with Crippen molar-refractivity contribution in [2.24, 2.45) is 0 Å². The summed E-state index contributed by atoms with van der Waals surface area (Å²) in [5, 5.41) is 25.3. The van der Waals surface area contributed by atoms with Crippen molar-refractivity contribution in [3.8, 4) is 11.5 Å². The molecule has 2 aromatic carbocycles. The van der Waals surface area contributed by atoms with Gasteiger partial charge in [-0.2, -0.15) is 9.46 Å². The summed E-state index contributed by atoms with van der Waals surface area (Å²) in [6, 6.07) is 18.2. The molecule has 0 aliphatic carbocycles. The van der Waals surface area contributed by atoms with Crippen LogP contribution < -0.4 is 18.9 Å². The first-order valence-corrected chi connectivity index (χ1v) is 9.71. The number of hydrogen-bond acceptors (Lipinski definition) is 4. The van der Waals surface area contributed by atoms with Crippen LogP contribution in [0.25, 0.3) is 21.8 Å². The molecule has 0 saturated carbocycles. The summed E-state index contributed by atoms with van der Waals surface area (Å²) < 4.78 is 13.5. The average Bonchev–Trinajstić information content (AvgIpc) is 2.74. The molecule has 29 heavy (non-hydrogen) atoms. The Morgan fingerprint density at radius 1 is 0.586 bits per heavy atom. The Hall–Kier alpha value is -3.54. The van der Waals surface area contributed by atoms with Crippen LogP contribution in [0.4, 0.5) is 0 Å². The molecule has 2 heterocycles. The van der Waals surface area contributed by atoms with Gasteiger partial charge in [-0.1, -0.05) is 12.1 Å². The molecule has 0 amide bonds. The third-order valence-corrected chi connectivity index (χ3v) is 4.83. The van der Waals surface area contributed by atoms with E-state index in [0.29, 0.717) is 24.2 Å². The van der Waals surface area contributed by atoms with Crippen LogP contribution in [0.5, 0.6) is 11.5 Å². The summed E-state index contributed by atoms with van der Waals surface area (Å²) in [6.45, 7) is 1.16. The van der Waals surface area contributed by atoms with Crippen LogP contribution in [-0.2, 0) is 0 Å². The van der Waals surface area contributed by atoms with Crippen molar-refractivity contribution in [3.05, 3.63) is 83.5 Å². The molecule has 0 N–H and O–H groups in total. The lowest BCUT2D eigenvalue weighted by Gasteiger charge is -2.10. The molecule has 0 saturated heterocycles. The summed E-state index contributed by atoms with van der Waals surface area (Å²) in [6.07, 6.45) is 5.70. The lowest BCUT2D eigenvalue weighted by molar-refractivity contribution is -0.577. The Morgan fingerprint density at radius 3 is 1.55 bits per heavy atom. The van der Waals surface area contributed by atoms with Crippen molar-refractivity contribution in [2.75, 3.05) is 13.2 Å². The molecular formula is C23H22N2O4. The van der Waals surface area contributed by atoms with Gasteiger partial charge >= 0.3 is 0 Å². The molecule has 6 heteroatoms. The van der Waals surface area contributed by atoms with E-state index < -0.39 is 0 Å². The van der Waals surface area contributed by atoms with E-state index in [0.717, 1.165) is 51.0 Å². The fourth-order valence-corrected chi connectivity index (χ4v) is 3.38. The molecule has 0 atom stereocenters. The maximum atomic E-state index is 11.8. The maximum absolute atomic E-state index is 11.8. The van der Waals surface area contributed by atoms with Gasteiger partial charge in [-0.3, -0.25) is 0 Å². The predicted octanol–water partition coefficient (Wildman–Crippen LogP) is 3.89. The molecule has 0 bridgehead atoms. The van der Waals surface area contributed by atoms with Gasteiger partial charge in [0, 0.05) is 24.3 Å². The van der Waals surface area contributed by atoms with Crippen molar-refractivity contribution in [2.45, 2.75) is 19.3 Å². The van der Waals surface area contributed by atoms with Crippen molar-refractivity contribution in [1.29, 1.82) is 0 Å². The van der Waals surface area contributed by atoms with Gasteiger partial charge < -0.3 is 19.9 Å². The van der Waals surface area contributed by atoms with Gasteiger partial charge in [-0.25, -0.2) is 0 Å². The maximum Gasteiger partial charge on any atom is 0.227 e. The quantitative estimate of drug-likeness (QED) is 0.260. The molecule has 0 aliphatic heterocycles. The van der Waals surface area contributed by atoms with Gasteiger partial charge in [0.25, 0.3) is 0 Å². The number of pyridine rings is 2. The topological polar surface area (TPSA) is 72.3 Å². The van der Waals surface area contributed by atoms with Crippen LogP contribution in [0, 0.1) is 10.4 Å². The van der Waals surface area contributed by atoms with Gasteiger partial charge in [-0.15, -0.1) is 0 Å². The van der Waals surface area contributed by atoms with Crippen LogP contribution in [0.3, 0.4) is 0 Å². The third-order valence-electron chi connectivity index (χ3n) is 4.83. The van der Waals surface area contributed by atoms with E-state index in [1.165, 1.54) is 12.4 Å². The van der Waals surface area contributed by atoms with Crippen molar-refractivity contribution in [1.82, 2.24) is 0 Å². The summed E-state index contributed by atoms with van der Waals surface area (Å²) in [4.78, 5) is 0. The highest BCUT2D eigenvalue weighted by molar-refractivity contribution is 5.83. The van der Waals surface area contributed by atoms with Crippen LogP contribution in [-0.4, -0.2) is 13.2 Å². The number of aromatic nitrogens is 2. The van der Waals surface area contributed by atoms with Crippen molar-refractivity contribution >= 4 is 21.8 Å². The molecule has 0 unspecified atom stereocenters. The number of unbranched alkanes of at least 4 members (excludes halogenated alkanes) is 2. The Bertz CT molecular complexity index is 1040. The Balaban J connectivity index is 1.25. The van der Waals surface area contributed by atoms with Gasteiger partial charge in [0.1, 0.15) is 11.5 Å². The minimum Gasteiger partial charge on any atom is -0.618 e. The molecule has 4 rings (SSSR count). The van der Waals surface area contributed by atoms with Crippen molar-refractivity contribution in [3.63, 3.8) is 0 Å². The first-order chi connectivity index (χ1) is 14.2. The first kappa shape index (κ1) is 18.8. The van der Waals surface area contributed by atoms with Gasteiger partial charge in [0.2, 0.25) is 11.0 Å². The number of ether oxygens (including phenoxy) is 2. The minimum atomic E-state index is 0.581. The number of rotatable bonds is 8. The summed E-state index contributed by atoms with van der Waals surface area (Å²) in [5.41, 5.74) is 1.21. The van der Waals surface area contributed by atoms with Crippen molar-refractivity contribution < 1.29 is 18.9 Å². The van der Waals surface area contributed by atoms with E-state index in [9.17, 15) is 10.4 Å². The smallest absolute Gasteiger partial charge is 0.227 e. The Kier molecular flexibility index (Phi) is 5.61. The standard InChI is InChI=1S/C23H22N2O4/c26-24-14-6-8-18-20(24)10-4-12-22(18)28-16-2-1-3-17-29-23-13-5-11-21-19(23)9-7-15-25(21)27/h4-15H,1-3,16-17H2. The molecule has 0 aliphatic rings. The average molecular weight is 390 g/mol. The zero-order chi connectivity index (χ0) is 20.1. The molecular weight excluding hydrogens is 368 g/mol. The Morgan fingerprint density at radius 2 is 1.07 bits per heavy atom. The largest absolute Gasteiger partial charge is 0.618 e. The fraction of sp³-hybridized carbons (Fsp3) is 0.217. The van der Waals surface area contributed by atoms with Gasteiger partial charge in [-0.05, 0) is 43.5 Å². The van der Waals surface area contributed by atoms with Crippen LogP contribution in [0.1, 0.15) is 19.3 Å². The summed E-state index contributed by atoms with van der Waals surface area (Å²) in [7, 11) is 0. The minimum absolute atomic E-state index is 0.581. The normalized spacial score (nSPS) is 11.0. The monoisotopic (exact) mass is 390 g/mol. The van der Waals surface area contributed by atoms with E-state index in [1.54, 1.807) is 24.3 Å². The fourth-order valence-electron chi connectivity index (χ4n) is 3.38. The number of benzene rings is 2.